The maximum Gasteiger partial charge on any atom is 0.422 e. The average Bonchev–Trinajstić information content (AvgIpc) is 3.24. The molecule has 0 N–H and O–H groups in total. The highest BCUT2D eigenvalue weighted by Gasteiger charge is 2.29. The fraction of sp³-hybridized carbons (Fsp3) is 0.318. The molecule has 170 valence electrons. The van der Waals surface area contributed by atoms with Crippen LogP contribution in [-0.4, -0.2) is 42.8 Å². The molecule has 0 fully saturated rings. The van der Waals surface area contributed by atoms with Crippen LogP contribution in [0.25, 0.3) is 11.5 Å². The number of carbonyl (C=O) groups excluding carboxylic acids is 1. The number of hydrogen-bond acceptors (Lipinski definition) is 7. The highest BCUT2D eigenvalue weighted by molar-refractivity contribution is 5.98. The molecule has 2 aromatic heterocycles. The number of aromatic nitrogens is 2. The minimum atomic E-state index is -4.49. The summed E-state index contributed by atoms with van der Waals surface area (Å²) in [6.07, 6.45) is -1.31. The molecule has 3 rings (SSSR count). The van der Waals surface area contributed by atoms with Crippen molar-refractivity contribution in [3.8, 4) is 28.7 Å². The summed E-state index contributed by atoms with van der Waals surface area (Å²) in [6.45, 7) is 0.279. The maximum absolute atomic E-state index is 12.8. The normalized spacial score (nSPS) is 12.3. The lowest BCUT2D eigenvalue weighted by atomic mass is 9.98. The van der Waals surface area contributed by atoms with Gasteiger partial charge in [0.2, 0.25) is 5.89 Å². The highest BCUT2D eigenvalue weighted by Crippen LogP contribution is 2.33. The summed E-state index contributed by atoms with van der Waals surface area (Å²) in [5, 5.41) is 0. The monoisotopic (exact) mass is 450 g/mol. The first kappa shape index (κ1) is 23.1. The first-order chi connectivity index (χ1) is 15.2. The predicted molar refractivity (Wildman–Crippen MR) is 108 cm³/mol. The Kier molecular flexibility index (Phi) is 7.01. The van der Waals surface area contributed by atoms with Crippen LogP contribution in [0, 0.1) is 5.92 Å². The largest absolute Gasteiger partial charge is 0.494 e. The third-order valence-electron chi connectivity index (χ3n) is 4.54. The van der Waals surface area contributed by atoms with E-state index < -0.39 is 18.7 Å². The molecule has 0 spiro atoms. The number of hydrogen-bond donors (Lipinski definition) is 0. The van der Waals surface area contributed by atoms with Crippen LogP contribution < -0.4 is 14.2 Å². The number of pyridine rings is 1. The molecule has 1 atom stereocenters. The molecule has 0 saturated carbocycles. The van der Waals surface area contributed by atoms with Crippen molar-refractivity contribution >= 4 is 5.78 Å². The molecule has 32 heavy (non-hydrogen) atoms. The van der Waals surface area contributed by atoms with E-state index in [0.29, 0.717) is 17.0 Å². The second kappa shape index (κ2) is 9.71. The smallest absolute Gasteiger partial charge is 0.422 e. The number of rotatable bonds is 9. The van der Waals surface area contributed by atoms with Gasteiger partial charge in [-0.1, -0.05) is 6.92 Å². The molecule has 2 heterocycles. The van der Waals surface area contributed by atoms with Crippen molar-refractivity contribution in [2.75, 3.05) is 20.8 Å². The Morgan fingerprint density at radius 1 is 1.12 bits per heavy atom. The number of ketones is 1. The molecule has 0 bridgehead atoms. The molecule has 1 unspecified atom stereocenters. The predicted octanol–water partition coefficient (Wildman–Crippen LogP) is 4.76. The van der Waals surface area contributed by atoms with Crippen molar-refractivity contribution < 1.29 is 36.6 Å². The molecule has 0 amide bonds. The molecule has 1 aromatic carbocycles. The van der Waals surface area contributed by atoms with Crippen molar-refractivity contribution in [2.45, 2.75) is 19.5 Å². The number of alkyl halides is 3. The summed E-state index contributed by atoms with van der Waals surface area (Å²) in [5.41, 5.74) is 1.14. The molecular formula is C22H21F3N2O5. The summed E-state index contributed by atoms with van der Waals surface area (Å²) in [4.78, 5) is 21.2. The van der Waals surface area contributed by atoms with Gasteiger partial charge in [-0.25, -0.2) is 9.97 Å². The van der Waals surface area contributed by atoms with E-state index in [2.05, 4.69) is 9.97 Å². The van der Waals surface area contributed by atoms with Crippen LogP contribution in [0.3, 0.4) is 0 Å². The number of methoxy groups -OCH3 is 2. The number of benzene rings is 1. The van der Waals surface area contributed by atoms with E-state index in [1.165, 1.54) is 38.8 Å². The van der Waals surface area contributed by atoms with Crippen LogP contribution in [-0.2, 0) is 6.42 Å². The highest BCUT2D eigenvalue weighted by atomic mass is 19.4. The van der Waals surface area contributed by atoms with Crippen molar-refractivity contribution in [2.24, 2.45) is 5.92 Å². The molecule has 0 radical (unpaired) electrons. The van der Waals surface area contributed by atoms with Crippen molar-refractivity contribution in [1.82, 2.24) is 9.97 Å². The minimum absolute atomic E-state index is 0.0899. The van der Waals surface area contributed by atoms with E-state index in [-0.39, 0.29) is 35.3 Å². The Balaban J connectivity index is 1.76. The molecule has 10 heteroatoms. The van der Waals surface area contributed by atoms with Gasteiger partial charge in [-0.2, -0.15) is 13.2 Å². The Morgan fingerprint density at radius 3 is 2.56 bits per heavy atom. The Labute approximate surface area is 182 Å². The van der Waals surface area contributed by atoms with Crippen LogP contribution in [0.5, 0.6) is 17.2 Å². The number of halogens is 3. The summed E-state index contributed by atoms with van der Waals surface area (Å²) in [7, 11) is 2.79. The standard InChI is InChI=1S/C22H21F3N2O5/c1-13(20(28)19-17(30-3)5-4-8-26-19)9-15-11-31-21(27-15)14-6-7-16(29-2)18(10-14)32-12-22(23,24)25/h4-8,10-11,13H,9,12H2,1-3H3. The van der Waals surface area contributed by atoms with Gasteiger partial charge in [-0.3, -0.25) is 4.79 Å². The van der Waals surface area contributed by atoms with E-state index in [9.17, 15) is 18.0 Å². The number of oxazole rings is 1. The van der Waals surface area contributed by atoms with E-state index in [0.717, 1.165) is 0 Å². The van der Waals surface area contributed by atoms with Gasteiger partial charge in [0.15, 0.2) is 23.9 Å². The van der Waals surface area contributed by atoms with Gasteiger partial charge in [0.25, 0.3) is 0 Å². The molecule has 0 aliphatic carbocycles. The van der Waals surface area contributed by atoms with Crippen molar-refractivity contribution in [1.29, 1.82) is 0 Å². The third-order valence-corrected chi connectivity index (χ3v) is 4.54. The lowest BCUT2D eigenvalue weighted by molar-refractivity contribution is -0.153. The first-order valence-electron chi connectivity index (χ1n) is 9.57. The summed E-state index contributed by atoms with van der Waals surface area (Å²) in [6, 6.07) is 7.73. The topological polar surface area (TPSA) is 83.7 Å². The number of Topliss-reactive ketones (excluding diaryl/α,β-unsaturated/α-hetero) is 1. The lowest BCUT2D eigenvalue weighted by Gasteiger charge is -2.13. The summed E-state index contributed by atoms with van der Waals surface area (Å²) >= 11 is 0. The Bertz CT molecular complexity index is 1080. The molecule has 7 nitrogen and oxygen atoms in total. The number of ether oxygens (including phenoxy) is 3. The fourth-order valence-corrected chi connectivity index (χ4v) is 3.00. The van der Waals surface area contributed by atoms with Gasteiger partial charge in [0.05, 0.1) is 19.9 Å². The zero-order chi connectivity index (χ0) is 23.3. The van der Waals surface area contributed by atoms with Crippen molar-refractivity contribution in [3.05, 3.63) is 54.2 Å². The van der Waals surface area contributed by atoms with Crippen LogP contribution in [0.2, 0.25) is 0 Å². The van der Waals surface area contributed by atoms with Gasteiger partial charge < -0.3 is 18.6 Å². The molecule has 0 aliphatic rings. The van der Waals surface area contributed by atoms with E-state index in [1.54, 1.807) is 25.1 Å². The second-order valence-electron chi connectivity index (χ2n) is 6.94. The fourth-order valence-electron chi connectivity index (χ4n) is 3.00. The molecule has 0 aliphatic heterocycles. The third kappa shape index (κ3) is 5.57. The first-order valence-corrected chi connectivity index (χ1v) is 9.57. The van der Waals surface area contributed by atoms with Crippen molar-refractivity contribution in [3.63, 3.8) is 0 Å². The SMILES string of the molecule is COc1ccc(-c2nc(CC(C)C(=O)c3ncccc3OC)co2)cc1OCC(F)(F)F. The second-order valence-corrected chi connectivity index (χ2v) is 6.94. The molecule has 3 aromatic rings. The summed E-state index contributed by atoms with van der Waals surface area (Å²) in [5.74, 6) is -0.0526. The Hall–Kier alpha value is -3.56. The summed E-state index contributed by atoms with van der Waals surface area (Å²) < 4.78 is 58.1. The zero-order valence-electron chi connectivity index (χ0n) is 17.6. The van der Waals surface area contributed by atoms with E-state index in [1.807, 2.05) is 0 Å². The number of nitrogens with zero attached hydrogens (tertiary/aromatic N) is 2. The quantitative estimate of drug-likeness (QED) is 0.435. The van der Waals surface area contributed by atoms with E-state index >= 15 is 0 Å². The van der Waals surface area contributed by atoms with Gasteiger partial charge >= 0.3 is 6.18 Å². The maximum atomic E-state index is 12.8. The average molecular weight is 450 g/mol. The van der Waals surface area contributed by atoms with Crippen LogP contribution >= 0.6 is 0 Å². The van der Waals surface area contributed by atoms with Gasteiger partial charge in [-0.15, -0.1) is 0 Å². The van der Waals surface area contributed by atoms with Crippen LogP contribution in [0.15, 0.2) is 47.2 Å². The van der Waals surface area contributed by atoms with E-state index in [4.69, 9.17) is 18.6 Å². The van der Waals surface area contributed by atoms with Gasteiger partial charge in [-0.05, 0) is 30.3 Å². The van der Waals surface area contributed by atoms with Gasteiger partial charge in [0.1, 0.15) is 17.7 Å². The van der Waals surface area contributed by atoms with Crippen LogP contribution in [0.4, 0.5) is 13.2 Å². The van der Waals surface area contributed by atoms with Crippen LogP contribution in [0.1, 0.15) is 23.1 Å². The Morgan fingerprint density at radius 2 is 1.88 bits per heavy atom. The minimum Gasteiger partial charge on any atom is -0.494 e. The van der Waals surface area contributed by atoms with Gasteiger partial charge in [0, 0.05) is 24.1 Å². The number of carbonyl (C=O) groups is 1. The molecule has 0 saturated heterocycles. The lowest BCUT2D eigenvalue weighted by Crippen LogP contribution is -2.19. The molecular weight excluding hydrogens is 429 g/mol. The zero-order valence-corrected chi connectivity index (χ0v) is 17.6.